The SMILES string of the molecule is COc1cc2c(O[C@@H]3OC[C@@H](OC)[C@H](OC)[C@H]3OCCCCCCCCN3CCCCC3)c3c(c(-c4ccc5c(c4)OCO5)c2cc1OC)C(=O)OC3. The van der Waals surface area contributed by atoms with E-state index >= 15 is 0 Å². The summed E-state index contributed by atoms with van der Waals surface area (Å²) in [6, 6.07) is 9.34. The second-order valence-electron chi connectivity index (χ2n) is 14.1. The highest BCUT2D eigenvalue weighted by molar-refractivity contribution is 6.14. The van der Waals surface area contributed by atoms with Crippen LogP contribution in [0.5, 0.6) is 28.7 Å². The zero-order chi connectivity index (χ0) is 36.7. The number of ether oxygens (including phenoxy) is 10. The first-order valence-corrected chi connectivity index (χ1v) is 19.0. The lowest BCUT2D eigenvalue weighted by Gasteiger charge is -2.41. The Bertz CT molecular complexity index is 1720. The van der Waals surface area contributed by atoms with Gasteiger partial charge in [0.1, 0.15) is 30.7 Å². The number of nitrogens with zero attached hydrogens (tertiary/aromatic N) is 1. The monoisotopic (exact) mass is 735 g/mol. The molecular formula is C41H53NO11. The molecular weight excluding hydrogens is 682 g/mol. The molecule has 4 heterocycles. The first-order valence-electron chi connectivity index (χ1n) is 19.0. The van der Waals surface area contributed by atoms with Gasteiger partial charge in [0.2, 0.25) is 13.1 Å². The predicted molar refractivity (Wildman–Crippen MR) is 197 cm³/mol. The third kappa shape index (κ3) is 8.02. The number of rotatable bonds is 17. The molecule has 4 aliphatic heterocycles. The van der Waals surface area contributed by atoms with Crippen molar-refractivity contribution in [2.45, 2.75) is 89.0 Å². The Balaban J connectivity index is 1.13. The van der Waals surface area contributed by atoms with Gasteiger partial charge in [0.15, 0.2) is 23.0 Å². The number of hydrogen-bond donors (Lipinski definition) is 0. The second kappa shape index (κ2) is 17.6. The zero-order valence-electron chi connectivity index (χ0n) is 31.4. The molecule has 12 heteroatoms. The molecule has 12 nitrogen and oxygen atoms in total. The highest BCUT2D eigenvalue weighted by Gasteiger charge is 2.45. The summed E-state index contributed by atoms with van der Waals surface area (Å²) < 4.78 is 59.9. The second-order valence-corrected chi connectivity index (χ2v) is 14.1. The van der Waals surface area contributed by atoms with E-state index in [0.717, 1.165) is 18.4 Å². The van der Waals surface area contributed by atoms with Gasteiger partial charge in [-0.2, -0.15) is 0 Å². The summed E-state index contributed by atoms with van der Waals surface area (Å²) in [4.78, 5) is 16.2. The lowest BCUT2D eigenvalue weighted by atomic mass is 9.89. The van der Waals surface area contributed by atoms with Gasteiger partial charge >= 0.3 is 5.97 Å². The molecule has 0 saturated carbocycles. The summed E-state index contributed by atoms with van der Waals surface area (Å²) in [5, 5.41) is 1.40. The number of likely N-dealkylation sites (tertiary alicyclic amines) is 1. The largest absolute Gasteiger partial charge is 0.493 e. The lowest BCUT2D eigenvalue weighted by Crippen LogP contribution is -2.57. The van der Waals surface area contributed by atoms with Gasteiger partial charge in [0, 0.05) is 37.3 Å². The van der Waals surface area contributed by atoms with Crippen LogP contribution in [0.25, 0.3) is 21.9 Å². The fourth-order valence-electron chi connectivity index (χ4n) is 8.07. The summed E-state index contributed by atoms with van der Waals surface area (Å²) in [5.74, 6) is 2.23. The van der Waals surface area contributed by atoms with E-state index in [2.05, 4.69) is 4.90 Å². The molecule has 2 saturated heterocycles. The Kier molecular flexibility index (Phi) is 12.4. The summed E-state index contributed by atoms with van der Waals surface area (Å²) >= 11 is 0. The number of carbonyl (C=O) groups is 1. The van der Waals surface area contributed by atoms with Gasteiger partial charge in [-0.1, -0.05) is 38.2 Å². The van der Waals surface area contributed by atoms with Crippen molar-refractivity contribution in [2.24, 2.45) is 0 Å². The number of unbranched alkanes of at least 4 members (excludes halogenated alkanes) is 5. The standard InChI is InChI=1S/C41H53NO11/c1-44-31-21-27-28(22-32(31)45-2)37(29-23-49-40(43)36(29)35(27)26-14-15-30-33(20-26)52-25-51-30)53-41-39(38(47-4)34(46-3)24-50-41)48-19-13-8-6-5-7-10-16-42-17-11-9-12-18-42/h14-15,20-22,34,38-39,41H,5-13,16-19,23-25H2,1-4H3/t34-,38+,39-,41+/m1/s1. The minimum atomic E-state index is -0.867. The molecule has 3 aromatic rings. The molecule has 0 amide bonds. The van der Waals surface area contributed by atoms with E-state index in [1.54, 1.807) is 28.4 Å². The molecule has 0 unspecified atom stereocenters. The fourth-order valence-corrected chi connectivity index (χ4v) is 8.07. The number of cyclic esters (lactones) is 1. The highest BCUT2D eigenvalue weighted by Crippen LogP contribution is 2.50. The lowest BCUT2D eigenvalue weighted by molar-refractivity contribution is -0.264. The Hall–Kier alpha value is -3.81. The van der Waals surface area contributed by atoms with E-state index in [0.29, 0.717) is 62.8 Å². The third-order valence-corrected chi connectivity index (χ3v) is 10.9. The molecule has 0 radical (unpaired) electrons. The summed E-state index contributed by atoms with van der Waals surface area (Å²) in [6.45, 7) is 4.67. The van der Waals surface area contributed by atoms with Crippen molar-refractivity contribution in [1.82, 2.24) is 4.90 Å². The van der Waals surface area contributed by atoms with Gasteiger partial charge in [0.05, 0.1) is 26.4 Å². The summed E-state index contributed by atoms with van der Waals surface area (Å²) in [6.07, 6.45) is 8.72. The molecule has 53 heavy (non-hydrogen) atoms. The van der Waals surface area contributed by atoms with Crippen molar-refractivity contribution in [3.8, 4) is 39.9 Å². The average molecular weight is 736 g/mol. The molecule has 0 aromatic heterocycles. The van der Waals surface area contributed by atoms with Crippen LogP contribution in [-0.4, -0.2) is 104 Å². The molecule has 0 bridgehead atoms. The Morgan fingerprint density at radius 3 is 2.25 bits per heavy atom. The molecule has 4 aliphatic rings. The minimum Gasteiger partial charge on any atom is -0.493 e. The van der Waals surface area contributed by atoms with Crippen molar-refractivity contribution in [1.29, 1.82) is 0 Å². The van der Waals surface area contributed by atoms with Crippen molar-refractivity contribution < 1.29 is 52.2 Å². The van der Waals surface area contributed by atoms with E-state index in [1.165, 1.54) is 64.6 Å². The smallest absolute Gasteiger partial charge is 0.339 e. The number of esters is 1. The van der Waals surface area contributed by atoms with E-state index in [9.17, 15) is 4.79 Å². The molecule has 288 valence electrons. The van der Waals surface area contributed by atoms with Gasteiger partial charge in [-0.05, 0) is 80.5 Å². The van der Waals surface area contributed by atoms with Gasteiger partial charge < -0.3 is 52.3 Å². The first-order chi connectivity index (χ1) is 26.0. The van der Waals surface area contributed by atoms with E-state index in [-0.39, 0.29) is 26.1 Å². The number of carbonyl (C=O) groups excluding carboxylic acids is 1. The number of piperidine rings is 1. The highest BCUT2D eigenvalue weighted by atomic mass is 16.7. The number of methoxy groups -OCH3 is 4. The van der Waals surface area contributed by atoms with Crippen LogP contribution in [0.2, 0.25) is 0 Å². The number of benzene rings is 3. The van der Waals surface area contributed by atoms with Crippen molar-refractivity contribution >= 4 is 16.7 Å². The van der Waals surface area contributed by atoms with E-state index < -0.39 is 24.5 Å². The number of hydrogen-bond acceptors (Lipinski definition) is 12. The van der Waals surface area contributed by atoms with E-state index in [1.807, 2.05) is 30.3 Å². The molecule has 0 N–H and O–H groups in total. The minimum absolute atomic E-state index is 0.0238. The van der Waals surface area contributed by atoms with Crippen LogP contribution in [0.1, 0.15) is 73.7 Å². The number of fused-ring (bicyclic) bond motifs is 3. The predicted octanol–water partition coefficient (Wildman–Crippen LogP) is 6.90. The van der Waals surface area contributed by atoms with Crippen LogP contribution in [0.15, 0.2) is 30.3 Å². The van der Waals surface area contributed by atoms with Crippen molar-refractivity contribution in [3.05, 3.63) is 41.5 Å². The summed E-state index contributed by atoms with van der Waals surface area (Å²) in [7, 11) is 6.45. The van der Waals surface area contributed by atoms with Gasteiger partial charge in [-0.25, -0.2) is 4.79 Å². The Morgan fingerprint density at radius 2 is 1.49 bits per heavy atom. The van der Waals surface area contributed by atoms with Crippen LogP contribution in [0.4, 0.5) is 0 Å². The fraction of sp³-hybridized carbons (Fsp3) is 0.585. The molecule has 7 rings (SSSR count). The molecule has 0 aliphatic carbocycles. The molecule has 0 spiro atoms. The maximum Gasteiger partial charge on any atom is 0.339 e. The molecule has 4 atom stereocenters. The van der Waals surface area contributed by atoms with Gasteiger partial charge in [-0.3, -0.25) is 0 Å². The molecule has 2 fully saturated rings. The third-order valence-electron chi connectivity index (χ3n) is 10.9. The summed E-state index contributed by atoms with van der Waals surface area (Å²) in [5.41, 5.74) is 2.43. The Labute approximate surface area is 311 Å². The van der Waals surface area contributed by atoms with Crippen LogP contribution >= 0.6 is 0 Å². The van der Waals surface area contributed by atoms with Crippen LogP contribution in [0.3, 0.4) is 0 Å². The van der Waals surface area contributed by atoms with Crippen molar-refractivity contribution in [2.75, 3.05) is 68.1 Å². The zero-order valence-corrected chi connectivity index (χ0v) is 31.4. The topological polar surface area (TPSA) is 113 Å². The van der Waals surface area contributed by atoms with Gasteiger partial charge in [-0.15, -0.1) is 0 Å². The van der Waals surface area contributed by atoms with Crippen LogP contribution < -0.4 is 23.7 Å². The van der Waals surface area contributed by atoms with Crippen LogP contribution in [-0.2, 0) is 30.3 Å². The maximum atomic E-state index is 13.6. The molecule has 3 aromatic carbocycles. The first kappa shape index (κ1) is 37.5. The van der Waals surface area contributed by atoms with Crippen LogP contribution in [0, 0.1) is 0 Å². The van der Waals surface area contributed by atoms with Gasteiger partial charge in [0.25, 0.3) is 0 Å². The Morgan fingerprint density at radius 1 is 0.755 bits per heavy atom. The van der Waals surface area contributed by atoms with Crippen molar-refractivity contribution in [3.63, 3.8) is 0 Å². The quantitative estimate of drug-likeness (QED) is 0.106. The normalized spacial score (nSPS) is 22.5. The van der Waals surface area contributed by atoms with E-state index in [4.69, 9.17) is 47.4 Å². The maximum absolute atomic E-state index is 13.6. The average Bonchev–Trinajstić information content (AvgIpc) is 3.83.